The van der Waals surface area contributed by atoms with Gasteiger partial charge in [-0.05, 0) is 31.0 Å². The highest BCUT2D eigenvalue weighted by Gasteiger charge is 2.24. The molecule has 1 atom stereocenters. The Kier molecular flexibility index (Phi) is 8.71. The maximum Gasteiger partial charge on any atom is 0.340 e. The Morgan fingerprint density at radius 2 is 1.78 bits per heavy atom. The zero-order valence-electron chi connectivity index (χ0n) is 16.3. The smallest absolute Gasteiger partial charge is 0.340 e. The largest absolute Gasteiger partial charge is 0.452 e. The highest BCUT2D eigenvalue weighted by atomic mass is 35.5. The Labute approximate surface area is 166 Å². The molecule has 0 unspecified atom stereocenters. The molecule has 1 amide bonds. The summed E-state index contributed by atoms with van der Waals surface area (Å²) < 4.78 is 31.5. The topological polar surface area (TPSA) is 92.8 Å². The molecule has 1 N–H and O–H groups in total. The summed E-state index contributed by atoms with van der Waals surface area (Å²) >= 11 is 6.02. The highest BCUT2D eigenvalue weighted by Crippen LogP contribution is 2.23. The first kappa shape index (κ1) is 23.4. The van der Waals surface area contributed by atoms with E-state index < -0.39 is 28.5 Å². The van der Waals surface area contributed by atoms with Crippen molar-refractivity contribution in [2.45, 2.75) is 45.6 Å². The van der Waals surface area contributed by atoms with E-state index in [0.29, 0.717) is 13.1 Å². The van der Waals surface area contributed by atoms with E-state index in [4.69, 9.17) is 16.3 Å². The number of sulfonamides is 1. The van der Waals surface area contributed by atoms with Gasteiger partial charge in [0.1, 0.15) is 0 Å². The summed E-state index contributed by atoms with van der Waals surface area (Å²) in [6.07, 6.45) is 0. The van der Waals surface area contributed by atoms with Crippen LogP contribution in [0.1, 0.15) is 45.0 Å². The second kappa shape index (κ2) is 10.1. The average Bonchev–Trinajstić information content (AvgIpc) is 2.60. The molecule has 0 saturated heterocycles. The number of ether oxygens (including phenoxy) is 1. The summed E-state index contributed by atoms with van der Waals surface area (Å²) in [5.41, 5.74) is -0.102. The number of esters is 1. The molecular formula is C18H27ClN2O5S. The molecule has 1 rings (SSSR count). The van der Waals surface area contributed by atoms with Gasteiger partial charge >= 0.3 is 5.97 Å². The minimum atomic E-state index is -3.74. The van der Waals surface area contributed by atoms with Crippen molar-refractivity contribution < 1.29 is 22.7 Å². The van der Waals surface area contributed by atoms with Gasteiger partial charge < -0.3 is 10.1 Å². The molecule has 27 heavy (non-hydrogen) atoms. The molecule has 0 aliphatic heterocycles. The number of rotatable bonds is 9. The summed E-state index contributed by atoms with van der Waals surface area (Å²) in [6, 6.07) is 3.77. The third-order valence-electron chi connectivity index (χ3n) is 4.22. The Hall–Kier alpha value is -1.64. The molecule has 0 heterocycles. The van der Waals surface area contributed by atoms with Gasteiger partial charge in [0.2, 0.25) is 10.0 Å². The molecule has 152 valence electrons. The molecule has 0 spiro atoms. The lowest BCUT2D eigenvalue weighted by Crippen LogP contribution is -2.38. The zero-order valence-corrected chi connectivity index (χ0v) is 17.9. The first-order valence-electron chi connectivity index (χ1n) is 8.80. The number of halogens is 1. The lowest BCUT2D eigenvalue weighted by Gasteiger charge is -2.19. The van der Waals surface area contributed by atoms with Crippen molar-refractivity contribution in [2.24, 2.45) is 5.92 Å². The number of nitrogens with zero attached hydrogens (tertiary/aromatic N) is 1. The van der Waals surface area contributed by atoms with Gasteiger partial charge in [-0.3, -0.25) is 4.79 Å². The van der Waals surface area contributed by atoms with E-state index in [1.165, 1.54) is 22.5 Å². The number of hydrogen-bond acceptors (Lipinski definition) is 5. The number of carbonyl (C=O) groups is 2. The molecule has 0 aromatic heterocycles. The quantitative estimate of drug-likeness (QED) is 0.622. The summed E-state index contributed by atoms with van der Waals surface area (Å²) in [5.74, 6) is -1.06. The Morgan fingerprint density at radius 1 is 1.19 bits per heavy atom. The van der Waals surface area contributed by atoms with Crippen LogP contribution in [0.2, 0.25) is 5.02 Å². The van der Waals surface area contributed by atoms with Crippen LogP contribution in [0.3, 0.4) is 0 Å². The normalized spacial score (nSPS) is 12.9. The summed E-state index contributed by atoms with van der Waals surface area (Å²) in [7, 11) is -3.74. The molecule has 0 bridgehead atoms. The van der Waals surface area contributed by atoms with Crippen molar-refractivity contribution >= 4 is 33.5 Å². The van der Waals surface area contributed by atoms with E-state index in [2.05, 4.69) is 5.32 Å². The van der Waals surface area contributed by atoms with Crippen molar-refractivity contribution in [3.8, 4) is 0 Å². The fourth-order valence-electron chi connectivity index (χ4n) is 2.20. The molecule has 0 saturated carbocycles. The van der Waals surface area contributed by atoms with E-state index in [9.17, 15) is 18.0 Å². The van der Waals surface area contributed by atoms with Crippen LogP contribution >= 0.6 is 11.6 Å². The van der Waals surface area contributed by atoms with Gasteiger partial charge in [-0.1, -0.05) is 39.3 Å². The fourth-order valence-corrected chi connectivity index (χ4v) is 3.88. The molecule has 7 nitrogen and oxygen atoms in total. The van der Waals surface area contributed by atoms with Gasteiger partial charge in [0, 0.05) is 19.1 Å². The molecule has 0 fully saturated rings. The zero-order chi connectivity index (χ0) is 20.8. The van der Waals surface area contributed by atoms with E-state index in [1.807, 2.05) is 20.8 Å². The maximum atomic E-state index is 12.6. The lowest BCUT2D eigenvalue weighted by molar-refractivity contribution is -0.125. The van der Waals surface area contributed by atoms with Gasteiger partial charge in [0.25, 0.3) is 5.91 Å². The minimum absolute atomic E-state index is 0.0504. The van der Waals surface area contributed by atoms with Gasteiger partial charge in [-0.25, -0.2) is 13.2 Å². The van der Waals surface area contributed by atoms with Crippen molar-refractivity contribution in [3.05, 3.63) is 28.8 Å². The maximum absolute atomic E-state index is 12.6. The van der Waals surface area contributed by atoms with Crippen LogP contribution in [-0.4, -0.2) is 50.3 Å². The highest BCUT2D eigenvalue weighted by molar-refractivity contribution is 7.89. The molecule has 0 aliphatic carbocycles. The van der Waals surface area contributed by atoms with E-state index in [0.717, 1.165) is 0 Å². The Morgan fingerprint density at radius 3 is 2.30 bits per heavy atom. The standard InChI is InChI=1S/C18H27ClN2O5S/c1-6-21(7-2)27(24,25)14-8-9-16(19)15(10-14)18(23)26-11-17(22)20-13(5)12(3)4/h8-10,12-13H,6-7,11H2,1-5H3,(H,20,22)/t13-/m0/s1. The van der Waals surface area contributed by atoms with Gasteiger partial charge in [0.05, 0.1) is 15.5 Å². The van der Waals surface area contributed by atoms with Crippen molar-refractivity contribution in [3.63, 3.8) is 0 Å². The van der Waals surface area contributed by atoms with Gasteiger partial charge in [-0.2, -0.15) is 4.31 Å². The van der Waals surface area contributed by atoms with Gasteiger partial charge in [0.15, 0.2) is 6.61 Å². The number of benzene rings is 1. The Balaban J connectivity index is 2.94. The van der Waals surface area contributed by atoms with Crippen LogP contribution < -0.4 is 5.32 Å². The van der Waals surface area contributed by atoms with Crippen LogP contribution in [0.15, 0.2) is 23.1 Å². The predicted molar refractivity (Wildman–Crippen MR) is 104 cm³/mol. The van der Waals surface area contributed by atoms with Crippen LogP contribution in [0.25, 0.3) is 0 Å². The van der Waals surface area contributed by atoms with Crippen LogP contribution in [0.4, 0.5) is 0 Å². The van der Waals surface area contributed by atoms with E-state index in [1.54, 1.807) is 13.8 Å². The lowest BCUT2D eigenvalue weighted by atomic mass is 10.1. The summed E-state index contributed by atoms with van der Waals surface area (Å²) in [4.78, 5) is 24.1. The second-order valence-corrected chi connectivity index (χ2v) is 8.75. The SMILES string of the molecule is CCN(CC)S(=O)(=O)c1ccc(Cl)c(C(=O)OCC(=O)N[C@@H](C)C(C)C)c1. The molecule has 0 aliphatic rings. The molecule has 9 heteroatoms. The molecule has 1 aromatic rings. The van der Waals surface area contributed by atoms with Gasteiger partial charge in [-0.15, -0.1) is 0 Å². The van der Waals surface area contributed by atoms with Crippen molar-refractivity contribution in [1.82, 2.24) is 9.62 Å². The monoisotopic (exact) mass is 418 g/mol. The summed E-state index contributed by atoms with van der Waals surface area (Å²) in [6.45, 7) is 9.34. The van der Waals surface area contributed by atoms with Crippen molar-refractivity contribution in [2.75, 3.05) is 19.7 Å². The van der Waals surface area contributed by atoms with E-state index in [-0.39, 0.29) is 27.4 Å². The van der Waals surface area contributed by atoms with Crippen LogP contribution in [-0.2, 0) is 19.6 Å². The third kappa shape index (κ3) is 6.19. The first-order valence-corrected chi connectivity index (χ1v) is 10.6. The summed E-state index contributed by atoms with van der Waals surface area (Å²) in [5, 5.41) is 2.77. The van der Waals surface area contributed by atoms with Crippen LogP contribution in [0.5, 0.6) is 0 Å². The number of amides is 1. The second-order valence-electron chi connectivity index (χ2n) is 6.41. The molecule has 1 aromatic carbocycles. The number of hydrogen-bond donors (Lipinski definition) is 1. The first-order chi connectivity index (χ1) is 12.5. The number of carbonyl (C=O) groups excluding carboxylic acids is 2. The molecular weight excluding hydrogens is 392 g/mol. The third-order valence-corrected chi connectivity index (χ3v) is 6.60. The predicted octanol–water partition coefficient (Wildman–Crippen LogP) is 2.69. The average molecular weight is 419 g/mol. The fraction of sp³-hybridized carbons (Fsp3) is 0.556. The minimum Gasteiger partial charge on any atom is -0.452 e. The van der Waals surface area contributed by atoms with E-state index >= 15 is 0 Å². The molecule has 0 radical (unpaired) electrons. The van der Waals surface area contributed by atoms with Crippen molar-refractivity contribution in [1.29, 1.82) is 0 Å². The van der Waals surface area contributed by atoms with Crippen LogP contribution in [0, 0.1) is 5.92 Å². The number of nitrogens with one attached hydrogen (secondary N) is 1. The Bertz CT molecular complexity index is 776.